The zero-order chi connectivity index (χ0) is 18.6. The third-order valence-corrected chi connectivity index (χ3v) is 3.70. The van der Waals surface area contributed by atoms with Gasteiger partial charge in [0.1, 0.15) is 11.6 Å². The molecule has 130 valence electrons. The van der Waals surface area contributed by atoms with E-state index in [-0.39, 0.29) is 0 Å². The maximum atomic E-state index is 5.93. The van der Waals surface area contributed by atoms with Crippen molar-refractivity contribution >= 4 is 23.0 Å². The van der Waals surface area contributed by atoms with Crippen LogP contribution in [0.2, 0.25) is 0 Å². The fourth-order valence-corrected chi connectivity index (χ4v) is 2.15. The number of nitrogen functional groups attached to an aromatic ring is 1. The molecule has 25 heavy (non-hydrogen) atoms. The van der Waals surface area contributed by atoms with E-state index in [1.165, 1.54) is 0 Å². The molecule has 7 nitrogen and oxygen atoms in total. The maximum Gasteiger partial charge on any atom is 0.142 e. The molecule has 0 atom stereocenters. The first kappa shape index (κ1) is 18.0. The standard InChI is InChI=1S/C18H23N7/c1-6-15(9-11(2)14(5)25-8-7-21-24-25)22-18-16(13(4)19)10-12(3)17(20)23-18/h6-10H,4-5,19H2,1-3H3,(H3,20,22,23)/b11-9-,15-6+. The molecule has 0 amide bonds. The molecule has 2 aromatic heterocycles. The Balaban J connectivity index is 2.32. The van der Waals surface area contributed by atoms with Crippen LogP contribution in [-0.2, 0) is 0 Å². The topological polar surface area (TPSA) is 108 Å². The van der Waals surface area contributed by atoms with Gasteiger partial charge in [0.05, 0.1) is 18.1 Å². The zero-order valence-electron chi connectivity index (χ0n) is 14.7. The van der Waals surface area contributed by atoms with Gasteiger partial charge in [0, 0.05) is 17.0 Å². The van der Waals surface area contributed by atoms with Crippen molar-refractivity contribution in [2.24, 2.45) is 5.73 Å². The van der Waals surface area contributed by atoms with Crippen molar-refractivity contribution in [1.29, 1.82) is 0 Å². The van der Waals surface area contributed by atoms with Crippen LogP contribution in [0.1, 0.15) is 25.0 Å². The van der Waals surface area contributed by atoms with Gasteiger partial charge in [-0.25, -0.2) is 9.67 Å². The highest BCUT2D eigenvalue weighted by Gasteiger charge is 2.10. The average Bonchev–Trinajstić information content (AvgIpc) is 3.10. The molecule has 0 fully saturated rings. The molecular formula is C18H23N7. The number of pyridine rings is 1. The van der Waals surface area contributed by atoms with Crippen LogP contribution in [0.5, 0.6) is 0 Å². The molecule has 0 aliphatic carbocycles. The number of aromatic nitrogens is 4. The fourth-order valence-electron chi connectivity index (χ4n) is 2.15. The van der Waals surface area contributed by atoms with Gasteiger partial charge in [0.25, 0.3) is 0 Å². The first-order valence-corrected chi connectivity index (χ1v) is 7.73. The van der Waals surface area contributed by atoms with Crippen LogP contribution in [0.25, 0.3) is 11.4 Å². The third-order valence-electron chi connectivity index (χ3n) is 3.70. The minimum Gasteiger partial charge on any atom is -0.399 e. The Morgan fingerprint density at radius 3 is 2.64 bits per heavy atom. The van der Waals surface area contributed by atoms with E-state index in [1.54, 1.807) is 17.1 Å². The lowest BCUT2D eigenvalue weighted by Crippen LogP contribution is -2.09. The van der Waals surface area contributed by atoms with E-state index in [4.69, 9.17) is 11.5 Å². The predicted molar refractivity (Wildman–Crippen MR) is 103 cm³/mol. The number of nitrogens with zero attached hydrogens (tertiary/aromatic N) is 4. The molecule has 0 aliphatic rings. The number of nitrogens with one attached hydrogen (secondary N) is 1. The molecule has 2 aromatic rings. The normalized spacial score (nSPS) is 12.1. The highest BCUT2D eigenvalue weighted by atomic mass is 15.4. The zero-order valence-corrected chi connectivity index (χ0v) is 14.7. The van der Waals surface area contributed by atoms with Crippen LogP contribution in [0.15, 0.2) is 55.0 Å². The maximum absolute atomic E-state index is 5.93. The molecule has 0 aliphatic heterocycles. The van der Waals surface area contributed by atoms with Crippen molar-refractivity contribution in [3.05, 3.63) is 66.2 Å². The predicted octanol–water partition coefficient (Wildman–Crippen LogP) is 2.93. The van der Waals surface area contributed by atoms with Crippen molar-refractivity contribution in [3.63, 3.8) is 0 Å². The molecule has 5 N–H and O–H groups in total. The monoisotopic (exact) mass is 337 g/mol. The second-order valence-electron chi connectivity index (χ2n) is 5.60. The number of hydrogen-bond donors (Lipinski definition) is 3. The van der Waals surface area contributed by atoms with Crippen molar-refractivity contribution in [1.82, 2.24) is 20.0 Å². The summed E-state index contributed by atoms with van der Waals surface area (Å²) in [6, 6.07) is 1.87. The molecule has 0 unspecified atom stereocenters. The lowest BCUT2D eigenvalue weighted by molar-refractivity contribution is 0.819. The number of anilines is 2. The first-order chi connectivity index (χ1) is 11.8. The SMILES string of the molecule is C=C(N)c1cc(C)c(N)nc1NC(/C=C(/C)C(=C)n1ccnn1)=C/C. The fraction of sp³-hybridized carbons (Fsp3) is 0.167. The molecule has 0 radical (unpaired) electrons. The van der Waals surface area contributed by atoms with Crippen LogP contribution >= 0.6 is 0 Å². The van der Waals surface area contributed by atoms with Gasteiger partial charge in [0.2, 0.25) is 0 Å². The van der Waals surface area contributed by atoms with Gasteiger partial charge in [0.15, 0.2) is 0 Å². The molecule has 0 aromatic carbocycles. The van der Waals surface area contributed by atoms with Gasteiger partial charge in [-0.2, -0.15) is 0 Å². The van der Waals surface area contributed by atoms with Gasteiger partial charge in [-0.1, -0.05) is 24.4 Å². The van der Waals surface area contributed by atoms with Crippen LogP contribution in [-0.4, -0.2) is 20.0 Å². The summed E-state index contributed by atoms with van der Waals surface area (Å²) in [7, 11) is 0. The second-order valence-corrected chi connectivity index (χ2v) is 5.60. The quantitative estimate of drug-likeness (QED) is 0.700. The minimum atomic E-state index is 0.418. The third kappa shape index (κ3) is 4.14. The van der Waals surface area contributed by atoms with E-state index in [9.17, 15) is 0 Å². The summed E-state index contributed by atoms with van der Waals surface area (Å²) < 4.78 is 1.61. The summed E-state index contributed by atoms with van der Waals surface area (Å²) in [4.78, 5) is 4.39. The van der Waals surface area contributed by atoms with Gasteiger partial charge in [-0.05, 0) is 44.1 Å². The van der Waals surface area contributed by atoms with Gasteiger partial charge >= 0.3 is 0 Å². The number of allylic oxidation sites excluding steroid dienone is 4. The number of hydrogen-bond acceptors (Lipinski definition) is 6. The van der Waals surface area contributed by atoms with E-state index in [0.29, 0.717) is 22.9 Å². The van der Waals surface area contributed by atoms with Crippen molar-refractivity contribution in [2.45, 2.75) is 20.8 Å². The van der Waals surface area contributed by atoms with E-state index in [0.717, 1.165) is 22.5 Å². The van der Waals surface area contributed by atoms with E-state index >= 15 is 0 Å². The lowest BCUT2D eigenvalue weighted by Gasteiger charge is -2.15. The number of aryl methyl sites for hydroxylation is 1. The van der Waals surface area contributed by atoms with E-state index < -0.39 is 0 Å². The van der Waals surface area contributed by atoms with Crippen LogP contribution in [0.3, 0.4) is 0 Å². The largest absolute Gasteiger partial charge is 0.399 e. The van der Waals surface area contributed by atoms with Crippen molar-refractivity contribution in [2.75, 3.05) is 11.1 Å². The Labute approximate surface area is 147 Å². The molecule has 0 spiro atoms. The molecular weight excluding hydrogens is 314 g/mol. The van der Waals surface area contributed by atoms with Gasteiger partial charge < -0.3 is 16.8 Å². The summed E-state index contributed by atoms with van der Waals surface area (Å²) in [5.41, 5.74) is 16.2. The summed E-state index contributed by atoms with van der Waals surface area (Å²) in [6.07, 6.45) is 7.19. The van der Waals surface area contributed by atoms with Crippen LogP contribution in [0.4, 0.5) is 11.6 Å². The summed E-state index contributed by atoms with van der Waals surface area (Å²) in [5, 5.41) is 11.0. The Hall–Kier alpha value is -3.35. The van der Waals surface area contributed by atoms with Gasteiger partial charge in [-0.3, -0.25) is 0 Å². The summed E-state index contributed by atoms with van der Waals surface area (Å²) in [5.74, 6) is 0.995. The Morgan fingerprint density at radius 1 is 1.36 bits per heavy atom. The van der Waals surface area contributed by atoms with Crippen molar-refractivity contribution < 1.29 is 0 Å². The van der Waals surface area contributed by atoms with E-state index in [2.05, 4.69) is 33.8 Å². The van der Waals surface area contributed by atoms with Crippen LogP contribution in [0, 0.1) is 6.92 Å². The second kappa shape index (κ2) is 7.48. The highest BCUT2D eigenvalue weighted by Crippen LogP contribution is 2.24. The van der Waals surface area contributed by atoms with Gasteiger partial charge in [-0.15, -0.1) is 5.10 Å². The average molecular weight is 337 g/mol. The Kier molecular flexibility index (Phi) is 5.38. The summed E-state index contributed by atoms with van der Waals surface area (Å²) >= 11 is 0. The Bertz CT molecular complexity index is 858. The smallest absolute Gasteiger partial charge is 0.142 e. The lowest BCUT2D eigenvalue weighted by atomic mass is 10.1. The van der Waals surface area contributed by atoms with Crippen molar-refractivity contribution in [3.8, 4) is 0 Å². The van der Waals surface area contributed by atoms with Crippen LogP contribution < -0.4 is 16.8 Å². The highest BCUT2D eigenvalue weighted by molar-refractivity contribution is 5.75. The Morgan fingerprint density at radius 2 is 2.08 bits per heavy atom. The molecule has 2 heterocycles. The first-order valence-electron chi connectivity index (χ1n) is 7.73. The molecule has 0 saturated heterocycles. The molecule has 0 bridgehead atoms. The molecule has 0 saturated carbocycles. The molecule has 7 heteroatoms. The number of nitrogens with two attached hydrogens (primary N) is 2. The molecule has 2 rings (SSSR count). The summed E-state index contributed by atoms with van der Waals surface area (Å²) in [6.45, 7) is 13.6. The number of rotatable bonds is 6. The van der Waals surface area contributed by atoms with E-state index in [1.807, 2.05) is 39.0 Å². The minimum absolute atomic E-state index is 0.418.